The third kappa shape index (κ3) is 4.20. The molecule has 1 aliphatic rings. The molecule has 1 fully saturated rings. The van der Waals surface area contributed by atoms with Crippen LogP contribution in [-0.4, -0.2) is 34.5 Å². The van der Waals surface area contributed by atoms with Gasteiger partial charge in [-0.05, 0) is 43.2 Å². The minimum absolute atomic E-state index is 0.102. The molecule has 2 aromatic heterocycles. The second kappa shape index (κ2) is 7.67. The lowest BCUT2D eigenvalue weighted by Crippen LogP contribution is -2.19. The normalized spacial score (nSPS) is 19.5. The lowest BCUT2D eigenvalue weighted by molar-refractivity contribution is 0.253. The Morgan fingerprint density at radius 1 is 1.14 bits per heavy atom. The van der Waals surface area contributed by atoms with E-state index < -0.39 is 10.3 Å². The van der Waals surface area contributed by atoms with Gasteiger partial charge in [-0.3, -0.25) is 4.18 Å². The average Bonchev–Trinajstić information content (AvgIpc) is 3.32. The summed E-state index contributed by atoms with van der Waals surface area (Å²) in [6, 6.07) is 9.86. The molecule has 0 radical (unpaired) electrons. The predicted octanol–water partition coefficient (Wildman–Crippen LogP) is 1.79. The van der Waals surface area contributed by atoms with E-state index in [1.165, 1.54) is 6.33 Å². The molecule has 2 atom stereocenters. The molecule has 4 rings (SSSR count). The van der Waals surface area contributed by atoms with Gasteiger partial charge in [-0.1, -0.05) is 24.1 Å². The zero-order valence-electron chi connectivity index (χ0n) is 15.0. The van der Waals surface area contributed by atoms with E-state index in [4.69, 9.17) is 9.32 Å². The van der Waals surface area contributed by atoms with Crippen molar-refractivity contribution in [3.8, 4) is 11.8 Å². The summed E-state index contributed by atoms with van der Waals surface area (Å²) >= 11 is 0. The molecule has 2 heterocycles. The number of rotatable bonds is 4. The molecular formula is C19H19N5O3S. The summed E-state index contributed by atoms with van der Waals surface area (Å²) in [5.41, 5.74) is 2.88. The maximum atomic E-state index is 11.0. The van der Waals surface area contributed by atoms with Crippen LogP contribution in [0.2, 0.25) is 0 Å². The first-order valence-electron chi connectivity index (χ1n) is 8.91. The SMILES string of the molecule is NS(=O)(=O)OC[C@@H]1CC[C@H](n2cnc3c(C#Cc4ccccc4)ncnc32)C1. The van der Waals surface area contributed by atoms with Gasteiger partial charge in [-0.15, -0.1) is 0 Å². The van der Waals surface area contributed by atoms with Crippen LogP contribution < -0.4 is 5.14 Å². The van der Waals surface area contributed by atoms with Crippen molar-refractivity contribution in [2.75, 3.05) is 6.61 Å². The van der Waals surface area contributed by atoms with Crippen LogP contribution >= 0.6 is 0 Å². The fraction of sp³-hybridized carbons (Fsp3) is 0.316. The van der Waals surface area contributed by atoms with Crippen LogP contribution in [0.4, 0.5) is 0 Å². The van der Waals surface area contributed by atoms with E-state index in [1.807, 2.05) is 34.9 Å². The molecule has 9 heteroatoms. The van der Waals surface area contributed by atoms with Crippen molar-refractivity contribution in [1.82, 2.24) is 19.5 Å². The lowest BCUT2D eigenvalue weighted by atomic mass is 10.1. The Morgan fingerprint density at radius 3 is 2.75 bits per heavy atom. The zero-order chi connectivity index (χ0) is 19.6. The van der Waals surface area contributed by atoms with Gasteiger partial charge in [-0.2, -0.15) is 8.42 Å². The van der Waals surface area contributed by atoms with Gasteiger partial charge in [0.05, 0.1) is 12.9 Å². The summed E-state index contributed by atoms with van der Waals surface area (Å²) in [7, 11) is -3.91. The second-order valence-electron chi connectivity index (χ2n) is 6.77. The largest absolute Gasteiger partial charge is 0.333 e. The van der Waals surface area contributed by atoms with Crippen molar-refractivity contribution in [2.45, 2.75) is 25.3 Å². The molecule has 2 N–H and O–H groups in total. The third-order valence-corrected chi connectivity index (χ3v) is 5.30. The highest BCUT2D eigenvalue weighted by Crippen LogP contribution is 2.36. The number of nitrogens with two attached hydrogens (primary N) is 1. The van der Waals surface area contributed by atoms with Gasteiger partial charge in [0.15, 0.2) is 5.65 Å². The molecule has 0 saturated heterocycles. The monoisotopic (exact) mass is 397 g/mol. The Bertz CT molecular complexity index is 1150. The molecule has 0 amide bonds. The summed E-state index contributed by atoms with van der Waals surface area (Å²) < 4.78 is 28.7. The van der Waals surface area contributed by atoms with E-state index in [0.717, 1.165) is 30.5 Å². The van der Waals surface area contributed by atoms with Crippen molar-refractivity contribution in [2.24, 2.45) is 11.1 Å². The Morgan fingerprint density at radius 2 is 1.96 bits per heavy atom. The molecule has 1 aromatic carbocycles. The number of benzene rings is 1. The standard InChI is InChI=1S/C19H19N5O3S/c20-28(25,26)27-11-15-6-8-16(10-15)24-13-23-18-17(21-12-22-19(18)24)9-7-14-4-2-1-3-5-14/h1-5,12-13,15-16H,6,8,10-11H2,(H2,20,25,26)/t15-,16+/m1/s1. The first kappa shape index (κ1) is 18.6. The van der Waals surface area contributed by atoms with Crippen molar-refractivity contribution < 1.29 is 12.6 Å². The smallest absolute Gasteiger partial charge is 0.312 e. The van der Waals surface area contributed by atoms with Gasteiger partial charge < -0.3 is 4.57 Å². The molecule has 3 aromatic rings. The van der Waals surface area contributed by atoms with Crippen molar-refractivity contribution in [3.05, 3.63) is 54.2 Å². The summed E-state index contributed by atoms with van der Waals surface area (Å²) in [6.07, 6.45) is 5.76. The number of hydrogen-bond donors (Lipinski definition) is 1. The molecule has 0 bridgehead atoms. The van der Waals surface area contributed by atoms with Gasteiger partial charge in [0.2, 0.25) is 0 Å². The summed E-state index contributed by atoms with van der Waals surface area (Å²) in [5.74, 6) is 6.30. The highest BCUT2D eigenvalue weighted by atomic mass is 32.2. The summed E-state index contributed by atoms with van der Waals surface area (Å²) in [4.78, 5) is 13.1. The van der Waals surface area contributed by atoms with Crippen LogP contribution in [0.1, 0.15) is 36.6 Å². The van der Waals surface area contributed by atoms with Crippen molar-refractivity contribution in [1.29, 1.82) is 0 Å². The maximum absolute atomic E-state index is 11.0. The number of fused-ring (bicyclic) bond motifs is 1. The third-order valence-electron chi connectivity index (χ3n) is 4.83. The minimum Gasteiger partial charge on any atom is -0.312 e. The van der Waals surface area contributed by atoms with E-state index in [-0.39, 0.29) is 18.6 Å². The fourth-order valence-electron chi connectivity index (χ4n) is 3.51. The molecule has 0 aliphatic heterocycles. The number of nitrogens with zero attached hydrogens (tertiary/aromatic N) is 4. The number of imidazole rings is 1. The fourth-order valence-corrected chi connectivity index (χ4v) is 3.89. The number of aromatic nitrogens is 4. The first-order chi connectivity index (χ1) is 13.5. The first-order valence-corrected chi connectivity index (χ1v) is 10.4. The van der Waals surface area contributed by atoms with Gasteiger partial charge in [0.1, 0.15) is 17.5 Å². The van der Waals surface area contributed by atoms with E-state index in [9.17, 15) is 8.42 Å². The van der Waals surface area contributed by atoms with Gasteiger partial charge >= 0.3 is 10.3 Å². The van der Waals surface area contributed by atoms with E-state index >= 15 is 0 Å². The molecule has 28 heavy (non-hydrogen) atoms. The van der Waals surface area contributed by atoms with Gasteiger partial charge in [0, 0.05) is 11.6 Å². The highest BCUT2D eigenvalue weighted by Gasteiger charge is 2.28. The van der Waals surface area contributed by atoms with E-state index in [2.05, 4.69) is 26.8 Å². The van der Waals surface area contributed by atoms with E-state index in [0.29, 0.717) is 11.2 Å². The summed E-state index contributed by atoms with van der Waals surface area (Å²) in [5, 5.41) is 4.91. The molecule has 1 saturated carbocycles. The molecule has 0 unspecified atom stereocenters. The Balaban J connectivity index is 1.55. The number of hydrogen-bond acceptors (Lipinski definition) is 6. The van der Waals surface area contributed by atoms with Gasteiger partial charge in [0.25, 0.3) is 0 Å². The lowest BCUT2D eigenvalue weighted by Gasteiger charge is -2.13. The van der Waals surface area contributed by atoms with Crippen molar-refractivity contribution >= 4 is 21.5 Å². The minimum atomic E-state index is -3.91. The second-order valence-corrected chi connectivity index (χ2v) is 7.99. The van der Waals surface area contributed by atoms with E-state index in [1.54, 1.807) is 6.33 Å². The Labute approximate surface area is 163 Å². The Kier molecular flexibility index (Phi) is 5.09. The highest BCUT2D eigenvalue weighted by molar-refractivity contribution is 7.84. The molecule has 8 nitrogen and oxygen atoms in total. The maximum Gasteiger partial charge on any atom is 0.333 e. The predicted molar refractivity (Wildman–Crippen MR) is 103 cm³/mol. The van der Waals surface area contributed by atoms with Gasteiger partial charge in [-0.25, -0.2) is 20.1 Å². The molecule has 0 spiro atoms. The summed E-state index contributed by atoms with van der Waals surface area (Å²) in [6.45, 7) is 0.102. The van der Waals surface area contributed by atoms with Crippen LogP contribution in [0.15, 0.2) is 43.0 Å². The van der Waals surface area contributed by atoms with Crippen LogP contribution in [0.5, 0.6) is 0 Å². The quantitative estimate of drug-likeness (QED) is 0.672. The molecule has 144 valence electrons. The zero-order valence-corrected chi connectivity index (χ0v) is 15.8. The van der Waals surface area contributed by atoms with Crippen LogP contribution in [0.3, 0.4) is 0 Å². The molecule has 1 aliphatic carbocycles. The Hall–Kier alpha value is -2.80. The topological polar surface area (TPSA) is 113 Å². The molecular weight excluding hydrogens is 378 g/mol. The van der Waals surface area contributed by atoms with Crippen LogP contribution in [0, 0.1) is 17.8 Å². The van der Waals surface area contributed by atoms with Crippen molar-refractivity contribution in [3.63, 3.8) is 0 Å². The van der Waals surface area contributed by atoms with Crippen LogP contribution in [-0.2, 0) is 14.5 Å². The van der Waals surface area contributed by atoms with Crippen LogP contribution in [0.25, 0.3) is 11.2 Å². The average molecular weight is 397 g/mol.